The van der Waals surface area contributed by atoms with Gasteiger partial charge < -0.3 is 15.4 Å². The van der Waals surface area contributed by atoms with E-state index in [1.54, 1.807) is 0 Å². The van der Waals surface area contributed by atoms with Crippen molar-refractivity contribution in [3.8, 4) is 5.75 Å². The number of ether oxygens (including phenoxy) is 1. The number of benzene rings is 2. The van der Waals surface area contributed by atoms with E-state index in [1.807, 2.05) is 54.6 Å². The van der Waals surface area contributed by atoms with E-state index in [4.69, 9.17) is 4.74 Å². The van der Waals surface area contributed by atoms with Crippen molar-refractivity contribution in [2.75, 3.05) is 19.6 Å². The van der Waals surface area contributed by atoms with Gasteiger partial charge in [-0.3, -0.25) is 4.79 Å². The summed E-state index contributed by atoms with van der Waals surface area (Å²) in [6, 6.07) is 17.7. The summed E-state index contributed by atoms with van der Waals surface area (Å²) in [7, 11) is 0. The lowest BCUT2D eigenvalue weighted by atomic mass is 9.99. The Kier molecular flexibility index (Phi) is 8.62. The van der Waals surface area contributed by atoms with Crippen molar-refractivity contribution in [1.82, 2.24) is 10.6 Å². The summed E-state index contributed by atoms with van der Waals surface area (Å²) >= 11 is 0. The molecule has 2 aromatic carbocycles. The molecule has 27 heavy (non-hydrogen) atoms. The summed E-state index contributed by atoms with van der Waals surface area (Å²) in [5.41, 5.74) is 1.98. The van der Waals surface area contributed by atoms with Crippen LogP contribution in [-0.4, -0.2) is 25.5 Å². The molecule has 0 saturated carbocycles. The first-order valence-electron chi connectivity index (χ1n) is 9.56. The molecule has 1 saturated heterocycles. The lowest BCUT2D eigenvalue weighted by molar-refractivity contribution is -0.128. The third-order valence-electron chi connectivity index (χ3n) is 4.90. The van der Waals surface area contributed by atoms with Crippen molar-refractivity contribution in [2.45, 2.75) is 32.3 Å². The molecule has 3 rings (SSSR count). The van der Waals surface area contributed by atoms with Gasteiger partial charge in [-0.1, -0.05) is 55.5 Å². The minimum atomic E-state index is -0.638. The van der Waals surface area contributed by atoms with Gasteiger partial charge >= 0.3 is 0 Å². The van der Waals surface area contributed by atoms with Gasteiger partial charge in [0, 0.05) is 12.1 Å². The number of hydrogen-bond acceptors (Lipinski definition) is 3. The predicted octanol–water partition coefficient (Wildman–Crippen LogP) is 3.91. The second kappa shape index (κ2) is 11.0. The minimum absolute atomic E-state index is 0. The number of aryl methyl sites for hydroxylation is 1. The van der Waals surface area contributed by atoms with Crippen LogP contribution < -0.4 is 15.4 Å². The van der Waals surface area contributed by atoms with Gasteiger partial charge in [0.15, 0.2) is 0 Å². The molecule has 0 aliphatic carbocycles. The second-order valence-corrected chi connectivity index (χ2v) is 6.83. The average molecular weight is 389 g/mol. The van der Waals surface area contributed by atoms with Crippen LogP contribution in [0.5, 0.6) is 5.75 Å². The van der Waals surface area contributed by atoms with E-state index in [2.05, 4.69) is 17.6 Å². The van der Waals surface area contributed by atoms with Gasteiger partial charge in [-0.15, -0.1) is 12.4 Å². The zero-order chi connectivity index (χ0) is 18.2. The van der Waals surface area contributed by atoms with Crippen molar-refractivity contribution in [3.05, 3.63) is 65.7 Å². The smallest absolute Gasteiger partial charge is 0.265 e. The number of hydrogen-bond donors (Lipinski definition) is 2. The molecule has 2 unspecified atom stereocenters. The van der Waals surface area contributed by atoms with Crippen LogP contribution in [0.15, 0.2) is 54.6 Å². The summed E-state index contributed by atoms with van der Waals surface area (Å²) < 4.78 is 6.20. The lowest BCUT2D eigenvalue weighted by Gasteiger charge is -2.25. The van der Waals surface area contributed by atoms with Crippen LogP contribution in [0.4, 0.5) is 0 Å². The maximum Gasteiger partial charge on any atom is 0.265 e. The van der Waals surface area contributed by atoms with Crippen LogP contribution >= 0.6 is 12.4 Å². The Labute approximate surface area is 168 Å². The third-order valence-corrected chi connectivity index (χ3v) is 4.90. The largest absolute Gasteiger partial charge is 0.476 e. The molecule has 1 amide bonds. The number of para-hydroxylation sites is 1. The van der Waals surface area contributed by atoms with Crippen molar-refractivity contribution in [3.63, 3.8) is 0 Å². The van der Waals surface area contributed by atoms with Gasteiger partial charge in [0.2, 0.25) is 6.10 Å². The van der Waals surface area contributed by atoms with Gasteiger partial charge in [-0.25, -0.2) is 0 Å². The van der Waals surface area contributed by atoms with Crippen LogP contribution in [0.3, 0.4) is 0 Å². The Morgan fingerprint density at radius 1 is 1.19 bits per heavy atom. The van der Waals surface area contributed by atoms with Crippen LogP contribution in [0.2, 0.25) is 0 Å². The number of halogens is 1. The quantitative estimate of drug-likeness (QED) is 0.756. The fourth-order valence-corrected chi connectivity index (χ4v) is 3.37. The van der Waals surface area contributed by atoms with Crippen molar-refractivity contribution in [1.29, 1.82) is 0 Å². The molecule has 1 aliphatic rings. The molecule has 0 bridgehead atoms. The molecule has 5 heteroatoms. The van der Waals surface area contributed by atoms with Crippen LogP contribution in [0.25, 0.3) is 0 Å². The Morgan fingerprint density at radius 2 is 1.93 bits per heavy atom. The Balaban J connectivity index is 0.00000261. The molecule has 1 heterocycles. The highest BCUT2D eigenvalue weighted by atomic mass is 35.5. The molecule has 0 radical (unpaired) electrons. The Morgan fingerprint density at radius 3 is 2.63 bits per heavy atom. The van der Waals surface area contributed by atoms with Gasteiger partial charge in [0.05, 0.1) is 0 Å². The summed E-state index contributed by atoms with van der Waals surface area (Å²) in [5, 5.41) is 6.50. The SMILES string of the molecule is CCc1ccccc1OC(C(=O)NCC1CCCNC1)c1ccccc1.Cl. The molecule has 4 nitrogen and oxygen atoms in total. The molecule has 146 valence electrons. The molecule has 1 aliphatic heterocycles. The maximum absolute atomic E-state index is 12.9. The Hall–Kier alpha value is -2.04. The normalized spacial score (nSPS) is 17.4. The number of carbonyl (C=O) groups excluding carboxylic acids is 1. The lowest BCUT2D eigenvalue weighted by Crippen LogP contribution is -2.40. The molecule has 0 spiro atoms. The molecule has 2 atom stereocenters. The van der Waals surface area contributed by atoms with Crippen LogP contribution in [-0.2, 0) is 11.2 Å². The van der Waals surface area contributed by atoms with Gasteiger partial charge in [0.25, 0.3) is 5.91 Å². The zero-order valence-electron chi connectivity index (χ0n) is 15.8. The minimum Gasteiger partial charge on any atom is -0.476 e. The number of nitrogens with one attached hydrogen (secondary N) is 2. The monoisotopic (exact) mass is 388 g/mol. The predicted molar refractivity (Wildman–Crippen MR) is 111 cm³/mol. The third kappa shape index (κ3) is 5.98. The number of rotatable bonds is 7. The van der Waals surface area contributed by atoms with Gasteiger partial charge in [-0.05, 0) is 49.9 Å². The first kappa shape index (κ1) is 21.3. The van der Waals surface area contributed by atoms with E-state index in [9.17, 15) is 4.79 Å². The summed E-state index contributed by atoms with van der Waals surface area (Å²) in [4.78, 5) is 12.9. The van der Waals surface area contributed by atoms with Gasteiger partial charge in [-0.2, -0.15) is 0 Å². The molecule has 1 fully saturated rings. The van der Waals surface area contributed by atoms with E-state index in [-0.39, 0.29) is 18.3 Å². The fourth-order valence-electron chi connectivity index (χ4n) is 3.37. The number of piperidine rings is 1. The molecule has 2 aromatic rings. The highest BCUT2D eigenvalue weighted by Gasteiger charge is 2.24. The molecule has 2 N–H and O–H groups in total. The number of amides is 1. The first-order chi connectivity index (χ1) is 12.8. The van der Waals surface area contributed by atoms with E-state index in [0.717, 1.165) is 42.8 Å². The Bertz CT molecular complexity index is 702. The fraction of sp³-hybridized carbons (Fsp3) is 0.409. The summed E-state index contributed by atoms with van der Waals surface area (Å²) in [6.45, 7) is 4.83. The summed E-state index contributed by atoms with van der Waals surface area (Å²) in [5.74, 6) is 1.19. The average Bonchev–Trinajstić information content (AvgIpc) is 2.72. The van der Waals surface area contributed by atoms with E-state index in [1.165, 1.54) is 6.42 Å². The highest BCUT2D eigenvalue weighted by molar-refractivity contribution is 5.85. The topological polar surface area (TPSA) is 50.4 Å². The van der Waals surface area contributed by atoms with E-state index >= 15 is 0 Å². The van der Waals surface area contributed by atoms with Crippen LogP contribution in [0, 0.1) is 5.92 Å². The second-order valence-electron chi connectivity index (χ2n) is 6.83. The standard InChI is InChI=1S/C22H28N2O2.ClH/c1-2-18-10-6-7-13-20(18)26-21(19-11-4-3-5-12-19)22(25)24-16-17-9-8-14-23-15-17;/h3-7,10-13,17,21,23H,2,8-9,14-16H2,1H3,(H,24,25);1H. The van der Waals surface area contributed by atoms with Crippen LogP contribution in [0.1, 0.15) is 37.0 Å². The van der Waals surface area contributed by atoms with Crippen molar-refractivity contribution < 1.29 is 9.53 Å². The molecular formula is C22H29ClN2O2. The maximum atomic E-state index is 12.9. The zero-order valence-corrected chi connectivity index (χ0v) is 16.6. The van der Waals surface area contributed by atoms with E-state index < -0.39 is 6.10 Å². The van der Waals surface area contributed by atoms with E-state index in [0.29, 0.717) is 12.5 Å². The van der Waals surface area contributed by atoms with Gasteiger partial charge in [0.1, 0.15) is 5.75 Å². The molecule has 0 aromatic heterocycles. The first-order valence-corrected chi connectivity index (χ1v) is 9.56. The van der Waals surface area contributed by atoms with Crippen molar-refractivity contribution >= 4 is 18.3 Å². The van der Waals surface area contributed by atoms with Crippen molar-refractivity contribution in [2.24, 2.45) is 5.92 Å². The number of carbonyl (C=O) groups is 1. The summed E-state index contributed by atoms with van der Waals surface area (Å²) in [6.07, 6.45) is 2.55. The highest BCUT2D eigenvalue weighted by Crippen LogP contribution is 2.26. The molecular weight excluding hydrogens is 360 g/mol.